The van der Waals surface area contributed by atoms with Crippen LogP contribution >= 0.6 is 0 Å². The van der Waals surface area contributed by atoms with E-state index in [4.69, 9.17) is 99.5 Å². The second kappa shape index (κ2) is 49.4. The molecule has 0 radical (unpaired) electrons. The van der Waals surface area contributed by atoms with Gasteiger partial charge in [-0.25, -0.2) is 4.79 Å². The molecule has 0 aromatic heterocycles. The second-order valence-corrected chi connectivity index (χ2v) is 35.3. The van der Waals surface area contributed by atoms with Gasteiger partial charge in [0.05, 0.1) is 78.3 Å². The molecule has 4 amide bonds. The third kappa shape index (κ3) is 25.3. The van der Waals surface area contributed by atoms with Crippen molar-refractivity contribution in [3.8, 4) is 0 Å². The SMILES string of the molecule is CC(=O)N[C@@H]1[C@@H](O)[C@H](O[C@@H]2O[C@H](CO)[C@@H](O[C@@H]3O[C@H](CO[C@H]4O[C@H](CO)[C@@H](O)[C@H](O)[C@@H]4O[C@@H]4O[C@H](CO)[C@@H](O[C@@H]5O[C@H](CO)[C@H](O)[C@H](O)[C@H]5O)[C@H](O)[C@H]4NC(C)=O)[C@@H](O)[C@H](O[C@H]4O[C@H](CO)[C@@H](O)[C@H](O)[C@@H]4O[C@@H]4O[C@H](CO)[C@@H](O[C@@H]5O[C@H](CO[C@]6(C(=O)O)C[C@H](O)[C@@H](O)[C@H]([C@H](O)[C@H](O)CO)O6)[C@H](O)[C@H](O)[C@H]5O)[C@H](O)[C@H]4NC(C)=O)[C@@H]3O)[C@H](O)[C@H]2NC(C)=O)[C@@H](CO[C@@H]2O[C@@H](C)[C@@H](O)[C@@H](O)[C@@H]2O)O[C@H]1O. The number of aliphatic carboxylic acids is 1. The summed E-state index contributed by atoms with van der Waals surface area (Å²) in [5.74, 6) is -9.15. The highest BCUT2D eigenvalue weighted by Gasteiger charge is 2.64. The number of hydrogen-bond acceptors (Lipinski definition) is 57. The third-order valence-corrected chi connectivity index (χ3v) is 25.5. The van der Waals surface area contributed by atoms with Crippen molar-refractivity contribution >= 4 is 29.6 Å². The quantitative estimate of drug-likeness (QED) is 0.0275. The van der Waals surface area contributed by atoms with E-state index in [0.29, 0.717) is 0 Å². The number of carboxylic acid groups (broad SMARTS) is 1. The zero-order valence-corrected chi connectivity index (χ0v) is 74.5. The number of amides is 4. The summed E-state index contributed by atoms with van der Waals surface area (Å²) < 4.78 is 124. The molecule has 0 saturated carbocycles. The summed E-state index contributed by atoms with van der Waals surface area (Å²) in [5, 5.41) is 366. The lowest BCUT2D eigenvalue weighted by Gasteiger charge is -2.51. The van der Waals surface area contributed by atoms with Crippen molar-refractivity contribution in [1.29, 1.82) is 0 Å². The molecule has 0 unspecified atom stereocenters. The minimum atomic E-state index is -3.12. The maximum absolute atomic E-state index is 13.4. The molecule has 36 N–H and O–H groups in total. The van der Waals surface area contributed by atoms with Crippen LogP contribution < -0.4 is 21.3 Å². The van der Waals surface area contributed by atoms with Crippen molar-refractivity contribution in [2.75, 3.05) is 66.1 Å². The Balaban J connectivity index is 0.909. The largest absolute Gasteiger partial charge is 0.477 e. The number of carbonyl (C=O) groups is 5. The van der Waals surface area contributed by atoms with Gasteiger partial charge in [-0.1, -0.05) is 0 Å². The zero-order valence-electron chi connectivity index (χ0n) is 74.5. The Labute approximate surface area is 785 Å². The van der Waals surface area contributed by atoms with Gasteiger partial charge in [0.2, 0.25) is 23.6 Å². The predicted molar refractivity (Wildman–Crippen MR) is 425 cm³/mol. The minimum Gasteiger partial charge on any atom is -0.477 e. The molecule has 139 heavy (non-hydrogen) atoms. The normalized spacial score (nSPS) is 48.9. The highest BCUT2D eigenvalue weighted by atomic mass is 16.8. The smallest absolute Gasteiger partial charge is 0.364 e. The Hall–Kier alpha value is -4.73. The predicted octanol–water partition coefficient (Wildman–Crippen LogP) is -24.2. The number of carboxylic acids is 1. The van der Waals surface area contributed by atoms with E-state index in [1.807, 2.05) is 0 Å². The van der Waals surface area contributed by atoms with Crippen LogP contribution in [0.4, 0.5) is 0 Å². The molecule has 0 aromatic carbocycles. The Bertz CT molecular complexity index is 3880. The monoisotopic (exact) mass is 2040 g/mol. The Morgan fingerprint density at radius 3 is 1.06 bits per heavy atom. The van der Waals surface area contributed by atoms with E-state index in [9.17, 15) is 187 Å². The molecule has 11 fully saturated rings. The summed E-state index contributed by atoms with van der Waals surface area (Å²) in [4.78, 5) is 65.0. The topological polar surface area (TPSA) is 975 Å². The van der Waals surface area contributed by atoms with Gasteiger partial charge in [0.15, 0.2) is 62.9 Å². The van der Waals surface area contributed by atoms with Crippen LogP contribution in [0, 0.1) is 0 Å². The number of rotatable bonds is 37. The fourth-order valence-corrected chi connectivity index (χ4v) is 17.8. The standard InChI is InChI=1S/C77H128N4O58/c1-17-37(95)49(107)54(112)70(122-17)119-15-32-61(45(103)33(66(116)123-32)78-18(2)89)132-67-34(79-19(3)90)46(104)60(29(13-88)127-67)135-73-57(115)62(44(102)30(130-73)14-120-74-64(52(110)41(99)25(9-84)125-74)137-68-35(80-20(4)91)47(105)58(27(11-86)128-68)133-71-55(113)50(108)40(98)24(8-83)124-71)136-75-65(53(111)42(100)26(10-85)126-75)138-69-36(81-21(5)92)48(106)59(28(12-87)129-69)134-72-56(114)51(109)43(101)31(131-72)16-121-77(76(117)118)6-22(93)38(96)63(139-77)39(97)23(94)7-82/h17,22-75,82-88,93-116H,6-16H2,1-5H3,(H,78,89)(H,79,90)(H,80,91)(H,81,92)(H,117,118)/t17-,22-,23+,24+,25+,26+,27+,28+,29+,30+,31+,32+,33+,34+,35+,36+,37+,38+,39+,40-,41+,42+,43-,44+,45+,46+,47+,48+,49+,50-,51-,52-,53-,54-,55+,56+,57-,58+,59+,60+,61+,62-,63+,64-,65-,66+,67-,68-,69-,70+,71-,72-,73-,74-,75+,77+/m0/s1. The molecule has 11 aliphatic rings. The van der Waals surface area contributed by atoms with E-state index < -0.39 is 445 Å². The summed E-state index contributed by atoms with van der Waals surface area (Å²) in [6, 6.07) is -7.99. The molecule has 62 nitrogen and oxygen atoms in total. The average Bonchev–Trinajstić information content (AvgIpc) is 0.767. The number of aliphatic hydroxyl groups is 31. The van der Waals surface area contributed by atoms with Gasteiger partial charge in [-0.15, -0.1) is 0 Å². The summed E-state index contributed by atoms with van der Waals surface area (Å²) in [7, 11) is 0. The molecule has 0 aromatic rings. The summed E-state index contributed by atoms with van der Waals surface area (Å²) >= 11 is 0. The maximum atomic E-state index is 13.4. The van der Waals surface area contributed by atoms with E-state index in [1.54, 1.807) is 0 Å². The van der Waals surface area contributed by atoms with Gasteiger partial charge in [-0.2, -0.15) is 0 Å². The summed E-state index contributed by atoms with van der Waals surface area (Å²) in [6.07, 6.45) is -112. The fraction of sp³-hybridized carbons (Fsp3) is 0.935. The molecular formula is C77H128N4O58. The van der Waals surface area contributed by atoms with Gasteiger partial charge in [-0.05, 0) is 6.92 Å². The Kier molecular flexibility index (Phi) is 40.7. The first-order chi connectivity index (χ1) is 65.5. The molecule has 0 spiro atoms. The molecule has 11 heterocycles. The van der Waals surface area contributed by atoms with Gasteiger partial charge in [-0.3, -0.25) is 19.2 Å². The lowest BCUT2D eigenvalue weighted by atomic mass is 9.90. The lowest BCUT2D eigenvalue weighted by molar-refractivity contribution is -0.399. The number of nitrogens with one attached hydrogen (secondary N) is 4. The Morgan fingerprint density at radius 1 is 0.309 bits per heavy atom. The molecule has 11 rings (SSSR count). The first kappa shape index (κ1) is 115. The molecule has 0 bridgehead atoms. The number of ether oxygens (including phenoxy) is 21. The van der Waals surface area contributed by atoms with Gasteiger partial charge < -0.3 is 284 Å². The average molecular weight is 2040 g/mol. The van der Waals surface area contributed by atoms with E-state index in [0.717, 1.165) is 27.7 Å². The molecule has 56 atom stereocenters. The molecule has 11 aliphatic heterocycles. The second-order valence-electron chi connectivity index (χ2n) is 35.3. The van der Waals surface area contributed by atoms with Crippen molar-refractivity contribution in [2.24, 2.45) is 0 Å². The van der Waals surface area contributed by atoms with Crippen molar-refractivity contribution in [1.82, 2.24) is 21.3 Å². The van der Waals surface area contributed by atoms with Crippen LogP contribution in [0.2, 0.25) is 0 Å². The number of carbonyl (C=O) groups excluding carboxylic acids is 4. The molecule has 62 heteroatoms. The van der Waals surface area contributed by atoms with Crippen LogP contribution in [0.1, 0.15) is 41.0 Å². The van der Waals surface area contributed by atoms with Crippen LogP contribution in [-0.4, -0.2) is 602 Å². The molecule has 11 saturated heterocycles. The van der Waals surface area contributed by atoms with E-state index in [1.165, 1.54) is 6.92 Å². The summed E-state index contributed by atoms with van der Waals surface area (Å²) in [5.41, 5.74) is 0. The zero-order chi connectivity index (χ0) is 103. The molecule has 804 valence electrons. The van der Waals surface area contributed by atoms with Crippen molar-refractivity contribution in [2.45, 2.75) is 384 Å². The molecular weight excluding hydrogens is 1910 g/mol. The maximum Gasteiger partial charge on any atom is 0.364 e. The van der Waals surface area contributed by atoms with Crippen LogP contribution in [-0.2, 0) is 123 Å². The molecule has 0 aliphatic carbocycles. The van der Waals surface area contributed by atoms with Crippen LogP contribution in [0.15, 0.2) is 0 Å². The number of hydrogen-bond donors (Lipinski definition) is 36. The lowest BCUT2D eigenvalue weighted by Crippen LogP contribution is -2.71. The van der Waals surface area contributed by atoms with E-state index in [2.05, 4.69) is 21.3 Å². The van der Waals surface area contributed by atoms with Gasteiger partial charge >= 0.3 is 5.97 Å². The van der Waals surface area contributed by atoms with Crippen molar-refractivity contribution in [3.63, 3.8) is 0 Å². The number of aliphatic hydroxyl groups excluding tert-OH is 31. The highest BCUT2D eigenvalue weighted by molar-refractivity contribution is 5.76. The highest BCUT2D eigenvalue weighted by Crippen LogP contribution is 2.43. The van der Waals surface area contributed by atoms with Crippen molar-refractivity contribution in [3.05, 3.63) is 0 Å². The first-order valence-electron chi connectivity index (χ1n) is 44.1. The van der Waals surface area contributed by atoms with Gasteiger partial charge in [0, 0.05) is 34.1 Å². The van der Waals surface area contributed by atoms with Crippen LogP contribution in [0.5, 0.6) is 0 Å². The first-order valence-corrected chi connectivity index (χ1v) is 44.1. The van der Waals surface area contributed by atoms with Crippen LogP contribution in [0.25, 0.3) is 0 Å². The van der Waals surface area contributed by atoms with Gasteiger partial charge in [0.1, 0.15) is 262 Å². The minimum absolute atomic E-state index is 0.849. The van der Waals surface area contributed by atoms with E-state index >= 15 is 0 Å². The van der Waals surface area contributed by atoms with E-state index in [-0.39, 0.29) is 0 Å². The summed E-state index contributed by atoms with van der Waals surface area (Å²) in [6.45, 7) is -6.92. The van der Waals surface area contributed by atoms with Crippen molar-refractivity contribution < 1.29 is 287 Å². The Morgan fingerprint density at radius 2 is 0.633 bits per heavy atom. The fourth-order valence-electron chi connectivity index (χ4n) is 17.8. The van der Waals surface area contributed by atoms with Gasteiger partial charge in [0.25, 0.3) is 5.79 Å². The third-order valence-electron chi connectivity index (χ3n) is 25.5. The van der Waals surface area contributed by atoms with Crippen LogP contribution in [0.3, 0.4) is 0 Å².